The van der Waals surface area contributed by atoms with Crippen LogP contribution in [0.1, 0.15) is 30.1 Å². The number of hydrogen-bond acceptors (Lipinski definition) is 4. The molecule has 6 nitrogen and oxygen atoms in total. The van der Waals surface area contributed by atoms with Gasteiger partial charge in [0.25, 0.3) is 11.8 Å². The van der Waals surface area contributed by atoms with Gasteiger partial charge < -0.3 is 20.1 Å². The number of nitrogens with two attached hydrogens (primary N) is 1. The lowest BCUT2D eigenvalue weighted by molar-refractivity contribution is -0.119. The van der Waals surface area contributed by atoms with Crippen molar-refractivity contribution in [1.82, 2.24) is 4.90 Å². The number of methoxy groups -OCH3 is 1. The number of likely N-dealkylation sites (tertiary alicyclic amines) is 1. The van der Waals surface area contributed by atoms with Gasteiger partial charge in [0.05, 0.1) is 12.1 Å². The number of benzene rings is 1. The largest absolute Gasteiger partial charge is 0.493 e. The average Bonchev–Trinajstić information content (AvgIpc) is 2.52. The zero-order valence-electron chi connectivity index (χ0n) is 13.3. The molecule has 1 aliphatic heterocycles. The Balaban J connectivity index is 2.24. The monoisotopic (exact) mass is 340 g/mol. The second-order valence-corrected chi connectivity index (χ2v) is 6.15. The van der Waals surface area contributed by atoms with Crippen molar-refractivity contribution in [1.29, 1.82) is 0 Å². The first-order valence-corrected chi connectivity index (χ1v) is 7.88. The van der Waals surface area contributed by atoms with Crippen LogP contribution in [0.4, 0.5) is 0 Å². The molecule has 0 unspecified atom stereocenters. The first-order valence-electron chi connectivity index (χ1n) is 7.50. The van der Waals surface area contributed by atoms with Crippen molar-refractivity contribution in [3.63, 3.8) is 0 Å². The Labute approximate surface area is 140 Å². The van der Waals surface area contributed by atoms with Crippen LogP contribution >= 0.6 is 11.6 Å². The highest BCUT2D eigenvalue weighted by molar-refractivity contribution is 6.32. The molecule has 1 saturated heterocycles. The highest BCUT2D eigenvalue weighted by atomic mass is 35.5. The van der Waals surface area contributed by atoms with E-state index >= 15 is 0 Å². The minimum atomic E-state index is -0.620. The van der Waals surface area contributed by atoms with E-state index in [0.717, 1.165) is 25.9 Å². The van der Waals surface area contributed by atoms with Crippen molar-refractivity contribution in [2.75, 3.05) is 26.8 Å². The molecule has 7 heteroatoms. The van der Waals surface area contributed by atoms with E-state index in [1.165, 1.54) is 13.2 Å². The first-order chi connectivity index (χ1) is 10.9. The molecule has 23 heavy (non-hydrogen) atoms. The Morgan fingerprint density at radius 3 is 2.78 bits per heavy atom. The summed E-state index contributed by atoms with van der Waals surface area (Å²) >= 11 is 6.18. The van der Waals surface area contributed by atoms with Gasteiger partial charge in [0.2, 0.25) is 0 Å². The quantitative estimate of drug-likeness (QED) is 0.889. The SMILES string of the molecule is COc1cc(C(=O)N2CCC[C@@H](C)C2)cc(Cl)c1OCC(N)=O. The van der Waals surface area contributed by atoms with Gasteiger partial charge >= 0.3 is 0 Å². The maximum absolute atomic E-state index is 12.6. The molecule has 1 atom stereocenters. The van der Waals surface area contributed by atoms with Crippen LogP contribution in [0.15, 0.2) is 12.1 Å². The smallest absolute Gasteiger partial charge is 0.255 e. The van der Waals surface area contributed by atoms with E-state index in [-0.39, 0.29) is 23.3 Å². The normalized spacial score (nSPS) is 17.7. The minimum Gasteiger partial charge on any atom is -0.493 e. The first kappa shape index (κ1) is 17.4. The third-order valence-corrected chi connectivity index (χ3v) is 4.06. The van der Waals surface area contributed by atoms with Crippen molar-refractivity contribution in [3.05, 3.63) is 22.7 Å². The van der Waals surface area contributed by atoms with E-state index in [4.69, 9.17) is 26.8 Å². The molecular formula is C16H21ClN2O4. The van der Waals surface area contributed by atoms with Gasteiger partial charge in [0.15, 0.2) is 18.1 Å². The van der Waals surface area contributed by atoms with Crippen molar-refractivity contribution in [3.8, 4) is 11.5 Å². The number of amides is 2. The van der Waals surface area contributed by atoms with Crippen LogP contribution in [0, 0.1) is 5.92 Å². The highest BCUT2D eigenvalue weighted by Gasteiger charge is 2.24. The summed E-state index contributed by atoms with van der Waals surface area (Å²) in [7, 11) is 1.44. The van der Waals surface area contributed by atoms with Crippen molar-refractivity contribution >= 4 is 23.4 Å². The molecule has 0 aliphatic carbocycles. The van der Waals surface area contributed by atoms with Gasteiger partial charge in [-0.3, -0.25) is 9.59 Å². The molecule has 0 bridgehead atoms. The number of nitrogens with zero attached hydrogens (tertiary/aromatic N) is 1. The van der Waals surface area contributed by atoms with Gasteiger partial charge in [0.1, 0.15) is 0 Å². The molecule has 2 N–H and O–H groups in total. The fraction of sp³-hybridized carbons (Fsp3) is 0.500. The van der Waals surface area contributed by atoms with Crippen molar-refractivity contribution in [2.45, 2.75) is 19.8 Å². The number of halogens is 1. The predicted molar refractivity (Wildman–Crippen MR) is 87.0 cm³/mol. The summed E-state index contributed by atoms with van der Waals surface area (Å²) in [5.41, 5.74) is 5.50. The van der Waals surface area contributed by atoms with Crippen LogP contribution in [-0.2, 0) is 4.79 Å². The molecule has 0 spiro atoms. The summed E-state index contributed by atoms with van der Waals surface area (Å²) in [4.78, 5) is 25.3. The summed E-state index contributed by atoms with van der Waals surface area (Å²) in [6, 6.07) is 3.10. The zero-order valence-corrected chi connectivity index (χ0v) is 14.1. The topological polar surface area (TPSA) is 81.9 Å². The summed E-state index contributed by atoms with van der Waals surface area (Å²) in [6.45, 7) is 3.29. The average molecular weight is 341 g/mol. The Morgan fingerprint density at radius 1 is 1.43 bits per heavy atom. The van der Waals surface area contributed by atoms with Gasteiger partial charge in [-0.1, -0.05) is 18.5 Å². The second-order valence-electron chi connectivity index (χ2n) is 5.74. The zero-order chi connectivity index (χ0) is 17.0. The summed E-state index contributed by atoms with van der Waals surface area (Å²) in [5.74, 6) is 0.288. The van der Waals surface area contributed by atoms with Gasteiger partial charge in [-0.15, -0.1) is 0 Å². The van der Waals surface area contributed by atoms with Crippen LogP contribution in [0.3, 0.4) is 0 Å². The van der Waals surface area contributed by atoms with Gasteiger partial charge in [-0.05, 0) is 30.9 Å². The molecule has 1 fully saturated rings. The fourth-order valence-corrected chi connectivity index (χ4v) is 2.95. The molecule has 2 rings (SSSR count). The van der Waals surface area contributed by atoms with Crippen LogP contribution in [-0.4, -0.2) is 43.5 Å². The maximum Gasteiger partial charge on any atom is 0.255 e. The van der Waals surface area contributed by atoms with Gasteiger partial charge in [-0.25, -0.2) is 0 Å². The number of carbonyl (C=O) groups excluding carboxylic acids is 2. The highest BCUT2D eigenvalue weighted by Crippen LogP contribution is 2.37. The number of ether oxygens (including phenoxy) is 2. The summed E-state index contributed by atoms with van der Waals surface area (Å²) in [5, 5.41) is 0.207. The van der Waals surface area contributed by atoms with Crippen molar-refractivity contribution < 1.29 is 19.1 Å². The third-order valence-electron chi connectivity index (χ3n) is 3.78. The molecule has 1 aliphatic rings. The Morgan fingerprint density at radius 2 is 2.17 bits per heavy atom. The third kappa shape index (κ3) is 4.28. The van der Waals surface area contributed by atoms with Gasteiger partial charge in [-0.2, -0.15) is 0 Å². The number of carbonyl (C=O) groups is 2. The molecule has 126 valence electrons. The van der Waals surface area contributed by atoms with E-state index in [2.05, 4.69) is 6.92 Å². The number of primary amides is 1. The van der Waals surface area contributed by atoms with E-state index in [0.29, 0.717) is 17.2 Å². The standard InChI is InChI=1S/C16H21ClN2O4/c1-10-4-3-5-19(8-10)16(21)11-6-12(17)15(13(7-11)22-2)23-9-14(18)20/h6-7,10H,3-5,8-9H2,1-2H3,(H2,18,20)/t10-/m1/s1. The lowest BCUT2D eigenvalue weighted by atomic mass is 9.99. The van der Waals surface area contributed by atoms with E-state index in [1.807, 2.05) is 4.90 Å². The van der Waals surface area contributed by atoms with E-state index < -0.39 is 5.91 Å². The number of piperidine rings is 1. The van der Waals surface area contributed by atoms with Gasteiger partial charge in [0, 0.05) is 18.7 Å². The fourth-order valence-electron chi connectivity index (χ4n) is 2.68. The van der Waals surface area contributed by atoms with Crippen LogP contribution in [0.25, 0.3) is 0 Å². The Hall–Kier alpha value is -1.95. The van der Waals surface area contributed by atoms with Crippen LogP contribution in [0.5, 0.6) is 11.5 Å². The molecule has 1 aromatic rings. The molecule has 1 heterocycles. The summed E-state index contributed by atoms with van der Waals surface area (Å²) < 4.78 is 10.5. The van der Waals surface area contributed by atoms with Crippen molar-refractivity contribution in [2.24, 2.45) is 11.7 Å². The molecule has 0 radical (unpaired) electrons. The minimum absolute atomic E-state index is 0.0850. The number of rotatable bonds is 5. The molecule has 0 saturated carbocycles. The molecule has 1 aromatic carbocycles. The molecule has 2 amide bonds. The van der Waals surface area contributed by atoms with E-state index in [9.17, 15) is 9.59 Å². The second kappa shape index (κ2) is 7.55. The van der Waals surface area contributed by atoms with Crippen LogP contribution < -0.4 is 15.2 Å². The molecular weight excluding hydrogens is 320 g/mol. The van der Waals surface area contributed by atoms with Crippen LogP contribution in [0.2, 0.25) is 5.02 Å². The predicted octanol–water partition coefficient (Wildman–Crippen LogP) is 2.08. The lowest BCUT2D eigenvalue weighted by Crippen LogP contribution is -2.39. The Bertz CT molecular complexity index is 606. The summed E-state index contributed by atoms with van der Waals surface area (Å²) in [6.07, 6.45) is 2.13. The Kier molecular flexibility index (Phi) is 5.71. The van der Waals surface area contributed by atoms with E-state index in [1.54, 1.807) is 6.07 Å². The maximum atomic E-state index is 12.6. The molecule has 0 aromatic heterocycles. The lowest BCUT2D eigenvalue weighted by Gasteiger charge is -2.31. The number of hydrogen-bond donors (Lipinski definition) is 1.